The predicted octanol–water partition coefficient (Wildman–Crippen LogP) is 2.71. The lowest BCUT2D eigenvalue weighted by molar-refractivity contribution is 0.354. The highest BCUT2D eigenvalue weighted by Gasteiger charge is 2.12. The number of hydrogen-bond acceptors (Lipinski definition) is 8. The molecule has 0 atom stereocenters. The van der Waals surface area contributed by atoms with E-state index in [4.69, 9.17) is 15.3 Å². The molecule has 0 fully saturated rings. The number of rotatable bonds is 7. The Balaban J connectivity index is 1.75. The molecule has 0 unspecified atom stereocenters. The van der Waals surface area contributed by atoms with Crippen LogP contribution in [0.15, 0.2) is 52.4 Å². The number of nitrogen functional groups attached to an aromatic ring is 1. The molecule has 2 aromatic carbocycles. The van der Waals surface area contributed by atoms with Gasteiger partial charge < -0.3 is 20.6 Å². The number of anilines is 2. The van der Waals surface area contributed by atoms with Crippen LogP contribution in [0, 0.1) is 6.92 Å². The van der Waals surface area contributed by atoms with Gasteiger partial charge in [-0.3, -0.25) is 4.79 Å². The number of benzene rings is 2. The van der Waals surface area contributed by atoms with Crippen molar-refractivity contribution >= 4 is 23.3 Å². The van der Waals surface area contributed by atoms with Crippen molar-refractivity contribution in [3.63, 3.8) is 0 Å². The molecule has 9 heteroatoms. The molecule has 0 bridgehead atoms. The van der Waals surface area contributed by atoms with E-state index in [1.54, 1.807) is 14.2 Å². The molecular formula is C19H21N5O3S. The minimum Gasteiger partial charge on any atom is -0.493 e. The average Bonchev–Trinajstić information content (AvgIpc) is 2.70. The Bertz CT molecular complexity index is 1040. The maximum Gasteiger partial charge on any atom is 0.315 e. The highest BCUT2D eigenvalue weighted by molar-refractivity contribution is 7.98. The van der Waals surface area contributed by atoms with Gasteiger partial charge in [-0.1, -0.05) is 30.0 Å². The van der Waals surface area contributed by atoms with Gasteiger partial charge in [-0.2, -0.15) is 4.68 Å². The normalized spacial score (nSPS) is 10.5. The lowest BCUT2D eigenvalue weighted by Crippen LogP contribution is -2.32. The molecule has 0 aliphatic heterocycles. The van der Waals surface area contributed by atoms with Crippen LogP contribution in [0.1, 0.15) is 11.1 Å². The third-order valence-electron chi connectivity index (χ3n) is 3.96. The zero-order valence-corrected chi connectivity index (χ0v) is 16.6. The maximum absolute atomic E-state index is 12.5. The molecule has 8 nitrogen and oxygen atoms in total. The minimum absolute atomic E-state index is 0.0727. The van der Waals surface area contributed by atoms with Crippen LogP contribution in [0.2, 0.25) is 0 Å². The fourth-order valence-electron chi connectivity index (χ4n) is 2.54. The van der Waals surface area contributed by atoms with Gasteiger partial charge in [0.15, 0.2) is 11.5 Å². The van der Waals surface area contributed by atoms with Gasteiger partial charge in [0.05, 0.1) is 14.2 Å². The summed E-state index contributed by atoms with van der Waals surface area (Å²) in [7, 11) is 3.17. The number of nitrogens with two attached hydrogens (primary N) is 1. The van der Waals surface area contributed by atoms with Gasteiger partial charge in [-0.25, -0.2) is 0 Å². The molecule has 0 amide bonds. The summed E-state index contributed by atoms with van der Waals surface area (Å²) in [6, 6.07) is 13.2. The zero-order chi connectivity index (χ0) is 20.1. The first-order chi connectivity index (χ1) is 13.5. The molecule has 1 aromatic heterocycles. The lowest BCUT2D eigenvalue weighted by atomic mass is 10.2. The second kappa shape index (κ2) is 8.66. The second-order valence-electron chi connectivity index (χ2n) is 5.98. The van der Waals surface area contributed by atoms with Crippen molar-refractivity contribution in [1.82, 2.24) is 14.9 Å². The van der Waals surface area contributed by atoms with E-state index in [1.165, 1.54) is 11.8 Å². The number of methoxy groups -OCH3 is 2. The summed E-state index contributed by atoms with van der Waals surface area (Å²) in [6.07, 6.45) is 0. The summed E-state index contributed by atoms with van der Waals surface area (Å²) < 4.78 is 11.5. The quantitative estimate of drug-likeness (QED) is 0.462. The van der Waals surface area contributed by atoms with Crippen molar-refractivity contribution in [3.8, 4) is 11.5 Å². The van der Waals surface area contributed by atoms with Crippen LogP contribution in [-0.4, -0.2) is 29.1 Å². The molecule has 0 aliphatic carbocycles. The predicted molar refractivity (Wildman–Crippen MR) is 110 cm³/mol. The van der Waals surface area contributed by atoms with Crippen molar-refractivity contribution in [3.05, 3.63) is 63.9 Å². The Morgan fingerprint density at radius 2 is 1.89 bits per heavy atom. The fourth-order valence-corrected chi connectivity index (χ4v) is 3.34. The van der Waals surface area contributed by atoms with Gasteiger partial charge in [0, 0.05) is 11.4 Å². The fraction of sp³-hybridized carbons (Fsp3) is 0.211. The zero-order valence-electron chi connectivity index (χ0n) is 15.8. The third kappa shape index (κ3) is 4.37. The van der Waals surface area contributed by atoms with Crippen molar-refractivity contribution in [2.24, 2.45) is 0 Å². The molecule has 3 aromatic rings. The van der Waals surface area contributed by atoms with E-state index in [9.17, 15) is 4.79 Å². The maximum atomic E-state index is 12.5. The number of nitrogens with one attached hydrogen (secondary N) is 1. The summed E-state index contributed by atoms with van der Waals surface area (Å²) in [5, 5.41) is 11.3. The molecule has 3 N–H and O–H groups in total. The van der Waals surface area contributed by atoms with Crippen molar-refractivity contribution in [1.29, 1.82) is 0 Å². The van der Waals surface area contributed by atoms with E-state index in [0.717, 1.165) is 21.5 Å². The summed E-state index contributed by atoms with van der Waals surface area (Å²) in [5.41, 5.74) is 2.33. The van der Waals surface area contributed by atoms with Crippen LogP contribution in [0.3, 0.4) is 0 Å². The van der Waals surface area contributed by atoms with Crippen LogP contribution in [0.5, 0.6) is 11.5 Å². The summed E-state index contributed by atoms with van der Waals surface area (Å²) in [4.78, 5) is 12.5. The topological polar surface area (TPSA) is 104 Å². The Morgan fingerprint density at radius 3 is 2.61 bits per heavy atom. The van der Waals surface area contributed by atoms with Crippen LogP contribution in [-0.2, 0) is 5.75 Å². The molecule has 28 heavy (non-hydrogen) atoms. The van der Waals surface area contributed by atoms with Crippen molar-refractivity contribution in [2.45, 2.75) is 17.8 Å². The van der Waals surface area contributed by atoms with E-state index in [1.807, 2.05) is 49.4 Å². The number of aryl methyl sites for hydroxylation is 1. The first-order valence-electron chi connectivity index (χ1n) is 8.44. The first-order valence-corrected chi connectivity index (χ1v) is 9.42. The smallest absolute Gasteiger partial charge is 0.315 e. The van der Waals surface area contributed by atoms with Gasteiger partial charge in [0.25, 0.3) is 0 Å². The standard InChI is InChI=1S/C19H21N5O3S/c1-12-5-4-6-14(9-12)21-17-18(25)24(20)19(23-22-17)28-11-13-7-8-15(26-2)16(10-13)27-3/h4-10H,11,20H2,1-3H3,(H,21,22). The second-order valence-corrected chi connectivity index (χ2v) is 6.92. The first kappa shape index (κ1) is 19.6. The van der Waals surface area contributed by atoms with Gasteiger partial charge in [0.2, 0.25) is 11.0 Å². The largest absolute Gasteiger partial charge is 0.493 e. The van der Waals surface area contributed by atoms with Crippen LogP contribution < -0.4 is 26.2 Å². The monoisotopic (exact) mass is 399 g/mol. The Hall–Kier alpha value is -3.20. The highest BCUT2D eigenvalue weighted by atomic mass is 32.2. The number of hydrogen-bond donors (Lipinski definition) is 2. The van der Waals surface area contributed by atoms with Crippen molar-refractivity contribution < 1.29 is 9.47 Å². The average molecular weight is 399 g/mol. The number of aromatic nitrogens is 3. The number of thioether (sulfide) groups is 1. The lowest BCUT2D eigenvalue weighted by Gasteiger charge is -2.11. The van der Waals surface area contributed by atoms with Crippen LogP contribution in [0.4, 0.5) is 11.5 Å². The Kier molecular flexibility index (Phi) is 6.05. The Labute approximate surface area is 166 Å². The minimum atomic E-state index is -0.452. The van der Waals surface area contributed by atoms with E-state index in [-0.39, 0.29) is 5.82 Å². The van der Waals surface area contributed by atoms with Gasteiger partial charge in [-0.05, 0) is 42.3 Å². The number of nitrogens with zero attached hydrogens (tertiary/aromatic N) is 3. The van der Waals surface area contributed by atoms with Gasteiger partial charge in [0.1, 0.15) is 0 Å². The van der Waals surface area contributed by atoms with Crippen LogP contribution >= 0.6 is 11.8 Å². The third-order valence-corrected chi connectivity index (χ3v) is 4.97. The molecule has 0 aliphatic rings. The number of ether oxygens (including phenoxy) is 2. The molecule has 3 rings (SSSR count). The van der Waals surface area contributed by atoms with Gasteiger partial charge in [-0.15, -0.1) is 10.2 Å². The SMILES string of the molecule is COc1ccc(CSc2nnc(Nc3cccc(C)c3)c(=O)n2N)cc1OC. The molecule has 0 spiro atoms. The van der Waals surface area contributed by atoms with E-state index in [0.29, 0.717) is 22.4 Å². The van der Waals surface area contributed by atoms with E-state index < -0.39 is 5.56 Å². The van der Waals surface area contributed by atoms with E-state index >= 15 is 0 Å². The highest BCUT2D eigenvalue weighted by Crippen LogP contribution is 2.30. The molecule has 1 heterocycles. The van der Waals surface area contributed by atoms with Crippen LogP contribution in [0.25, 0.3) is 0 Å². The summed E-state index contributed by atoms with van der Waals surface area (Å²) >= 11 is 1.30. The summed E-state index contributed by atoms with van der Waals surface area (Å²) in [6.45, 7) is 1.96. The Morgan fingerprint density at radius 1 is 1.11 bits per heavy atom. The molecule has 0 saturated heterocycles. The molecule has 146 valence electrons. The van der Waals surface area contributed by atoms with E-state index in [2.05, 4.69) is 15.5 Å². The van der Waals surface area contributed by atoms with Gasteiger partial charge >= 0.3 is 5.56 Å². The molecule has 0 radical (unpaired) electrons. The summed E-state index contributed by atoms with van der Waals surface area (Å²) in [5.74, 6) is 7.82. The van der Waals surface area contributed by atoms with Crippen molar-refractivity contribution in [2.75, 3.05) is 25.4 Å². The molecular weight excluding hydrogens is 378 g/mol. The molecule has 0 saturated carbocycles.